The molecule has 0 N–H and O–H groups in total. The summed E-state index contributed by atoms with van der Waals surface area (Å²) >= 11 is 5.92. The Morgan fingerprint density at radius 2 is 2.12 bits per heavy atom. The summed E-state index contributed by atoms with van der Waals surface area (Å²) in [7, 11) is 0. The van der Waals surface area contributed by atoms with Crippen LogP contribution in [0.3, 0.4) is 0 Å². The SMILES string of the molecule is Cc1nc(C)c(-c2nnc3c(Cl)nccn23)o1. The number of halogens is 1. The maximum absolute atomic E-state index is 5.92. The second kappa shape index (κ2) is 3.53. The molecule has 0 aliphatic heterocycles. The Hall–Kier alpha value is -1.95. The molecule has 3 rings (SSSR count). The minimum absolute atomic E-state index is 0.306. The van der Waals surface area contributed by atoms with Gasteiger partial charge in [0.05, 0.1) is 5.69 Å². The Bertz CT molecular complexity index is 702. The van der Waals surface area contributed by atoms with E-state index in [1.807, 2.05) is 6.92 Å². The molecule has 0 saturated carbocycles. The van der Waals surface area contributed by atoms with E-state index in [9.17, 15) is 0 Å². The molecule has 0 saturated heterocycles. The van der Waals surface area contributed by atoms with Crippen molar-refractivity contribution in [3.63, 3.8) is 0 Å². The summed E-state index contributed by atoms with van der Waals surface area (Å²) in [5.74, 6) is 1.76. The van der Waals surface area contributed by atoms with Crippen molar-refractivity contribution in [2.45, 2.75) is 13.8 Å². The zero-order valence-corrected chi connectivity index (χ0v) is 9.93. The maximum Gasteiger partial charge on any atom is 0.206 e. The van der Waals surface area contributed by atoms with Crippen molar-refractivity contribution in [1.29, 1.82) is 0 Å². The van der Waals surface area contributed by atoms with Crippen LogP contribution in [-0.4, -0.2) is 24.6 Å². The van der Waals surface area contributed by atoms with Crippen LogP contribution < -0.4 is 0 Å². The number of rotatable bonds is 1. The minimum atomic E-state index is 0.306. The van der Waals surface area contributed by atoms with Gasteiger partial charge in [-0.1, -0.05) is 11.6 Å². The molecule has 3 heterocycles. The first-order valence-corrected chi connectivity index (χ1v) is 5.34. The molecule has 86 valence electrons. The fraction of sp³-hybridized carbons (Fsp3) is 0.200. The van der Waals surface area contributed by atoms with Gasteiger partial charge in [0.25, 0.3) is 0 Å². The summed E-state index contributed by atoms with van der Waals surface area (Å²) in [6.07, 6.45) is 3.31. The fourth-order valence-electron chi connectivity index (χ4n) is 1.69. The standard InChI is InChI=1S/C10H8ClN5O/c1-5-7(17-6(2)13-5)9-14-15-10-8(11)12-3-4-16(9)10/h3-4H,1-2H3. The van der Waals surface area contributed by atoms with E-state index in [1.165, 1.54) is 0 Å². The molecule has 3 aromatic heterocycles. The first kappa shape index (κ1) is 10.2. The minimum Gasteiger partial charge on any atom is -0.437 e. The first-order chi connectivity index (χ1) is 8.16. The third kappa shape index (κ3) is 1.49. The number of aromatic nitrogens is 5. The number of hydrogen-bond donors (Lipinski definition) is 0. The van der Waals surface area contributed by atoms with Crippen LogP contribution in [0.15, 0.2) is 16.8 Å². The molecule has 0 aromatic carbocycles. The largest absolute Gasteiger partial charge is 0.437 e. The van der Waals surface area contributed by atoms with Crippen molar-refractivity contribution in [3.8, 4) is 11.6 Å². The Morgan fingerprint density at radius 3 is 2.82 bits per heavy atom. The maximum atomic E-state index is 5.92. The molecule has 0 spiro atoms. The lowest BCUT2D eigenvalue weighted by Gasteiger charge is -1.96. The van der Waals surface area contributed by atoms with E-state index in [0.717, 1.165) is 5.69 Å². The van der Waals surface area contributed by atoms with Crippen LogP contribution in [0.1, 0.15) is 11.6 Å². The number of oxazole rings is 1. The summed E-state index contributed by atoms with van der Waals surface area (Å²) in [5.41, 5.74) is 1.27. The molecule has 0 unspecified atom stereocenters. The highest BCUT2D eigenvalue weighted by Gasteiger charge is 2.17. The molecule has 0 fully saturated rings. The van der Waals surface area contributed by atoms with E-state index < -0.39 is 0 Å². The predicted molar refractivity (Wildman–Crippen MR) is 60.8 cm³/mol. The van der Waals surface area contributed by atoms with Gasteiger partial charge in [0, 0.05) is 19.3 Å². The van der Waals surface area contributed by atoms with E-state index >= 15 is 0 Å². The third-order valence-electron chi connectivity index (χ3n) is 2.39. The van der Waals surface area contributed by atoms with Crippen molar-refractivity contribution >= 4 is 17.2 Å². The van der Waals surface area contributed by atoms with Gasteiger partial charge >= 0.3 is 0 Å². The van der Waals surface area contributed by atoms with Gasteiger partial charge in [-0.2, -0.15) is 0 Å². The zero-order chi connectivity index (χ0) is 12.0. The Balaban J connectivity index is 2.32. The Morgan fingerprint density at radius 1 is 1.29 bits per heavy atom. The van der Waals surface area contributed by atoms with Gasteiger partial charge in [0.1, 0.15) is 0 Å². The van der Waals surface area contributed by atoms with Crippen molar-refractivity contribution in [3.05, 3.63) is 29.1 Å². The molecule has 0 amide bonds. The van der Waals surface area contributed by atoms with E-state index in [0.29, 0.717) is 28.3 Å². The van der Waals surface area contributed by atoms with Crippen LogP contribution in [0, 0.1) is 13.8 Å². The number of aryl methyl sites for hydroxylation is 2. The zero-order valence-electron chi connectivity index (χ0n) is 9.18. The van der Waals surface area contributed by atoms with Crippen molar-refractivity contribution in [2.24, 2.45) is 0 Å². The lowest BCUT2D eigenvalue weighted by Crippen LogP contribution is -1.91. The summed E-state index contributed by atoms with van der Waals surface area (Å²) in [5, 5.41) is 8.34. The molecule has 7 heteroatoms. The summed E-state index contributed by atoms with van der Waals surface area (Å²) in [6.45, 7) is 3.64. The molecular weight excluding hydrogens is 242 g/mol. The van der Waals surface area contributed by atoms with E-state index in [-0.39, 0.29) is 0 Å². The molecule has 0 atom stereocenters. The van der Waals surface area contributed by atoms with E-state index in [2.05, 4.69) is 20.2 Å². The van der Waals surface area contributed by atoms with E-state index in [1.54, 1.807) is 23.7 Å². The van der Waals surface area contributed by atoms with Crippen LogP contribution in [0.2, 0.25) is 5.15 Å². The molecule has 0 radical (unpaired) electrons. The van der Waals surface area contributed by atoms with Crippen LogP contribution in [-0.2, 0) is 0 Å². The van der Waals surface area contributed by atoms with Gasteiger partial charge in [-0.3, -0.25) is 4.40 Å². The number of nitrogens with zero attached hydrogens (tertiary/aromatic N) is 5. The van der Waals surface area contributed by atoms with Crippen LogP contribution in [0.4, 0.5) is 0 Å². The van der Waals surface area contributed by atoms with Gasteiger partial charge in [-0.25, -0.2) is 9.97 Å². The molecule has 17 heavy (non-hydrogen) atoms. The highest BCUT2D eigenvalue weighted by atomic mass is 35.5. The van der Waals surface area contributed by atoms with Gasteiger partial charge in [0.15, 0.2) is 22.5 Å². The number of hydrogen-bond acceptors (Lipinski definition) is 5. The average molecular weight is 250 g/mol. The summed E-state index contributed by atoms with van der Waals surface area (Å²) in [4.78, 5) is 8.14. The van der Waals surface area contributed by atoms with Crippen molar-refractivity contribution in [1.82, 2.24) is 24.6 Å². The fourth-order valence-corrected chi connectivity index (χ4v) is 1.88. The highest BCUT2D eigenvalue weighted by molar-refractivity contribution is 6.32. The molecule has 0 bridgehead atoms. The molecule has 3 aromatic rings. The van der Waals surface area contributed by atoms with Crippen molar-refractivity contribution in [2.75, 3.05) is 0 Å². The van der Waals surface area contributed by atoms with Gasteiger partial charge in [-0.05, 0) is 6.92 Å². The average Bonchev–Trinajstić information content (AvgIpc) is 2.83. The molecule has 0 aliphatic carbocycles. The van der Waals surface area contributed by atoms with Gasteiger partial charge in [-0.15, -0.1) is 10.2 Å². The Kier molecular flexibility index (Phi) is 2.12. The van der Waals surface area contributed by atoms with Gasteiger partial charge < -0.3 is 4.42 Å². The monoisotopic (exact) mass is 249 g/mol. The van der Waals surface area contributed by atoms with E-state index in [4.69, 9.17) is 16.0 Å². The van der Waals surface area contributed by atoms with Crippen LogP contribution in [0.5, 0.6) is 0 Å². The second-order valence-corrected chi connectivity index (χ2v) is 3.94. The van der Waals surface area contributed by atoms with Crippen molar-refractivity contribution < 1.29 is 4.42 Å². The predicted octanol–water partition coefficient (Wildman–Crippen LogP) is 2.05. The number of fused-ring (bicyclic) bond motifs is 1. The normalized spacial score (nSPS) is 11.2. The molecule has 0 aliphatic rings. The van der Waals surface area contributed by atoms with Crippen LogP contribution in [0.25, 0.3) is 17.2 Å². The lowest BCUT2D eigenvalue weighted by atomic mass is 10.3. The van der Waals surface area contributed by atoms with Crippen LogP contribution >= 0.6 is 11.6 Å². The topological polar surface area (TPSA) is 69.1 Å². The second-order valence-electron chi connectivity index (χ2n) is 3.58. The lowest BCUT2D eigenvalue weighted by molar-refractivity contribution is 0.529. The smallest absolute Gasteiger partial charge is 0.206 e. The first-order valence-electron chi connectivity index (χ1n) is 4.96. The quantitative estimate of drug-likeness (QED) is 0.660. The third-order valence-corrected chi connectivity index (χ3v) is 2.66. The molecule has 6 nitrogen and oxygen atoms in total. The summed E-state index contributed by atoms with van der Waals surface area (Å²) in [6, 6.07) is 0. The molecular formula is C10H8ClN5O. The highest BCUT2D eigenvalue weighted by Crippen LogP contribution is 2.24. The Labute approximate surface area is 101 Å². The van der Waals surface area contributed by atoms with Gasteiger partial charge in [0.2, 0.25) is 5.82 Å². The summed E-state index contributed by atoms with van der Waals surface area (Å²) < 4.78 is 7.23.